The average molecular weight is 261 g/mol. The summed E-state index contributed by atoms with van der Waals surface area (Å²) in [6.45, 7) is 0.738. The summed E-state index contributed by atoms with van der Waals surface area (Å²) in [5, 5.41) is 4.01. The summed E-state index contributed by atoms with van der Waals surface area (Å²) in [6.07, 6.45) is 3.47. The molecule has 1 aromatic heterocycles. The van der Waals surface area contributed by atoms with Gasteiger partial charge in [0.25, 0.3) is 0 Å². The molecule has 0 saturated heterocycles. The van der Waals surface area contributed by atoms with Crippen molar-refractivity contribution >= 4 is 11.7 Å². The van der Waals surface area contributed by atoms with Crippen molar-refractivity contribution in [3.05, 3.63) is 42.2 Å². The van der Waals surface area contributed by atoms with E-state index in [1.54, 1.807) is 35.3 Å². The number of hydrogen-bond acceptors (Lipinski definition) is 5. The monoisotopic (exact) mass is 261 g/mol. The molecule has 0 bridgehead atoms. The Morgan fingerprint density at radius 3 is 2.95 bits per heavy atom. The summed E-state index contributed by atoms with van der Waals surface area (Å²) in [5.41, 5.74) is 6.46. The Bertz CT molecular complexity index is 552. The average Bonchev–Trinajstić information content (AvgIpc) is 2.91. The van der Waals surface area contributed by atoms with Crippen LogP contribution in [0.1, 0.15) is 10.4 Å². The van der Waals surface area contributed by atoms with Crippen LogP contribution >= 0.6 is 0 Å². The van der Waals surface area contributed by atoms with E-state index in [0.29, 0.717) is 23.5 Å². The van der Waals surface area contributed by atoms with Crippen molar-refractivity contribution in [2.75, 3.05) is 19.5 Å². The van der Waals surface area contributed by atoms with Crippen molar-refractivity contribution in [3.63, 3.8) is 0 Å². The first kappa shape index (κ1) is 12.9. The number of methoxy groups -OCH3 is 1. The van der Waals surface area contributed by atoms with Crippen LogP contribution in [-0.2, 0) is 11.3 Å². The van der Waals surface area contributed by atoms with Gasteiger partial charge >= 0.3 is 5.97 Å². The van der Waals surface area contributed by atoms with E-state index in [9.17, 15) is 4.79 Å². The van der Waals surface area contributed by atoms with Crippen molar-refractivity contribution in [1.29, 1.82) is 0 Å². The maximum Gasteiger partial charge on any atom is 0.342 e. The Labute approximate surface area is 110 Å². The quantitative estimate of drug-likeness (QED) is 0.649. The number of carbonyl (C=O) groups is 1. The van der Waals surface area contributed by atoms with Gasteiger partial charge < -0.3 is 15.2 Å². The first-order chi connectivity index (χ1) is 9.22. The van der Waals surface area contributed by atoms with E-state index in [0.717, 1.165) is 0 Å². The molecule has 2 rings (SSSR count). The minimum Gasteiger partial charge on any atom is -0.494 e. The summed E-state index contributed by atoms with van der Waals surface area (Å²) in [7, 11) is 1.46. The smallest absolute Gasteiger partial charge is 0.342 e. The highest BCUT2D eigenvalue weighted by atomic mass is 16.5. The Hall–Kier alpha value is -2.50. The first-order valence-electron chi connectivity index (χ1n) is 5.79. The number of aromatic nitrogens is 2. The van der Waals surface area contributed by atoms with Crippen molar-refractivity contribution < 1.29 is 14.3 Å². The predicted octanol–water partition coefficient (Wildman–Crippen LogP) is 1.33. The predicted molar refractivity (Wildman–Crippen MR) is 69.9 cm³/mol. The number of nitrogens with zero attached hydrogens (tertiary/aromatic N) is 2. The van der Waals surface area contributed by atoms with Crippen molar-refractivity contribution in [2.45, 2.75) is 6.54 Å². The maximum atomic E-state index is 11.9. The topological polar surface area (TPSA) is 79.4 Å². The van der Waals surface area contributed by atoms with Crippen LogP contribution < -0.4 is 10.5 Å². The van der Waals surface area contributed by atoms with Crippen LogP contribution in [0.3, 0.4) is 0 Å². The summed E-state index contributed by atoms with van der Waals surface area (Å²) in [6, 6.07) is 6.77. The molecule has 0 aliphatic heterocycles. The lowest BCUT2D eigenvalue weighted by Gasteiger charge is -2.10. The molecule has 6 heteroatoms. The second kappa shape index (κ2) is 5.90. The zero-order valence-electron chi connectivity index (χ0n) is 10.6. The van der Waals surface area contributed by atoms with Crippen LogP contribution in [0.2, 0.25) is 0 Å². The van der Waals surface area contributed by atoms with Crippen LogP contribution in [0.15, 0.2) is 36.7 Å². The van der Waals surface area contributed by atoms with E-state index in [2.05, 4.69) is 5.10 Å². The molecule has 0 fully saturated rings. The van der Waals surface area contributed by atoms with Gasteiger partial charge in [-0.25, -0.2) is 4.79 Å². The van der Waals surface area contributed by atoms with Gasteiger partial charge in [0, 0.05) is 12.4 Å². The lowest BCUT2D eigenvalue weighted by atomic mass is 10.2. The molecule has 0 amide bonds. The summed E-state index contributed by atoms with van der Waals surface area (Å²) in [5.74, 6) is -0.122. The van der Waals surface area contributed by atoms with E-state index in [4.69, 9.17) is 15.2 Å². The molecule has 1 heterocycles. The minimum atomic E-state index is -0.462. The molecule has 0 atom stereocenters. The highest BCUT2D eigenvalue weighted by Crippen LogP contribution is 2.26. The normalized spacial score (nSPS) is 10.2. The van der Waals surface area contributed by atoms with Crippen LogP contribution in [0, 0.1) is 0 Å². The van der Waals surface area contributed by atoms with Gasteiger partial charge in [-0.3, -0.25) is 4.68 Å². The number of nitrogen functional groups attached to an aromatic ring is 1. The minimum absolute atomic E-state index is 0.235. The first-order valence-corrected chi connectivity index (χ1v) is 5.79. The number of ether oxygens (including phenoxy) is 2. The Morgan fingerprint density at radius 2 is 2.26 bits per heavy atom. The third kappa shape index (κ3) is 3.04. The van der Waals surface area contributed by atoms with Gasteiger partial charge in [0.1, 0.15) is 12.2 Å². The van der Waals surface area contributed by atoms with Gasteiger partial charge in [-0.15, -0.1) is 0 Å². The molecule has 0 aliphatic carbocycles. The summed E-state index contributed by atoms with van der Waals surface area (Å²) < 4.78 is 12.0. The highest BCUT2D eigenvalue weighted by molar-refractivity contribution is 5.94. The molecule has 0 saturated carbocycles. The zero-order chi connectivity index (χ0) is 13.7. The van der Waals surface area contributed by atoms with E-state index >= 15 is 0 Å². The molecule has 19 heavy (non-hydrogen) atoms. The number of benzene rings is 1. The molecular formula is C13H15N3O3. The second-order valence-electron chi connectivity index (χ2n) is 3.83. The Morgan fingerprint density at radius 1 is 1.42 bits per heavy atom. The summed E-state index contributed by atoms with van der Waals surface area (Å²) in [4.78, 5) is 11.9. The van der Waals surface area contributed by atoms with Crippen LogP contribution in [0.5, 0.6) is 5.75 Å². The van der Waals surface area contributed by atoms with E-state index in [-0.39, 0.29) is 6.61 Å². The van der Waals surface area contributed by atoms with Gasteiger partial charge in [-0.2, -0.15) is 5.10 Å². The van der Waals surface area contributed by atoms with Crippen LogP contribution in [0.4, 0.5) is 5.69 Å². The molecule has 1 aromatic carbocycles. The highest BCUT2D eigenvalue weighted by Gasteiger charge is 2.15. The number of nitrogens with two attached hydrogens (primary N) is 1. The van der Waals surface area contributed by atoms with E-state index < -0.39 is 5.97 Å². The van der Waals surface area contributed by atoms with Gasteiger partial charge in [0.2, 0.25) is 0 Å². The lowest BCUT2D eigenvalue weighted by molar-refractivity contribution is 0.0484. The molecule has 0 spiro atoms. The van der Waals surface area contributed by atoms with Crippen molar-refractivity contribution in [2.24, 2.45) is 0 Å². The second-order valence-corrected chi connectivity index (χ2v) is 3.83. The van der Waals surface area contributed by atoms with Gasteiger partial charge in [-0.1, -0.05) is 6.07 Å². The van der Waals surface area contributed by atoms with Crippen molar-refractivity contribution in [3.8, 4) is 5.75 Å². The van der Waals surface area contributed by atoms with Gasteiger partial charge in [0.15, 0.2) is 5.75 Å². The Kier molecular flexibility index (Phi) is 4.02. The van der Waals surface area contributed by atoms with Gasteiger partial charge in [-0.05, 0) is 18.2 Å². The number of hydrogen-bond donors (Lipinski definition) is 1. The molecule has 0 aliphatic rings. The molecule has 2 aromatic rings. The largest absolute Gasteiger partial charge is 0.494 e. The standard InChI is InChI=1S/C13H15N3O3/c1-18-12-10(4-2-5-11(12)14)13(17)19-9-8-16-7-3-6-15-16/h2-7H,8-9,14H2,1H3. The molecular weight excluding hydrogens is 246 g/mol. The number of carbonyl (C=O) groups excluding carboxylic acids is 1. The number of para-hydroxylation sites is 1. The van der Waals surface area contributed by atoms with E-state index in [1.165, 1.54) is 7.11 Å². The fraction of sp³-hybridized carbons (Fsp3) is 0.231. The van der Waals surface area contributed by atoms with Crippen molar-refractivity contribution in [1.82, 2.24) is 9.78 Å². The number of anilines is 1. The lowest BCUT2D eigenvalue weighted by Crippen LogP contribution is -2.13. The third-order valence-corrected chi connectivity index (χ3v) is 2.58. The molecule has 0 unspecified atom stereocenters. The zero-order valence-corrected chi connectivity index (χ0v) is 10.6. The number of esters is 1. The summed E-state index contributed by atoms with van der Waals surface area (Å²) >= 11 is 0. The third-order valence-electron chi connectivity index (χ3n) is 2.58. The van der Waals surface area contributed by atoms with Crippen LogP contribution in [0.25, 0.3) is 0 Å². The fourth-order valence-corrected chi connectivity index (χ4v) is 1.69. The van der Waals surface area contributed by atoms with Crippen LogP contribution in [-0.4, -0.2) is 29.5 Å². The number of rotatable bonds is 5. The molecule has 2 N–H and O–H groups in total. The van der Waals surface area contributed by atoms with Gasteiger partial charge in [0.05, 0.1) is 19.3 Å². The molecule has 0 radical (unpaired) electrons. The maximum absolute atomic E-state index is 11.9. The SMILES string of the molecule is COc1c(N)cccc1C(=O)OCCn1cccn1. The molecule has 100 valence electrons. The Balaban J connectivity index is 1.98. The molecule has 6 nitrogen and oxygen atoms in total. The fourth-order valence-electron chi connectivity index (χ4n) is 1.69. The van der Waals surface area contributed by atoms with E-state index in [1.807, 2.05) is 6.07 Å².